The third-order valence-corrected chi connectivity index (χ3v) is 3.34. The Bertz CT molecular complexity index is 618. The highest BCUT2D eigenvalue weighted by Gasteiger charge is 2.21. The van der Waals surface area contributed by atoms with Crippen LogP contribution in [0.1, 0.15) is 29.4 Å². The van der Waals surface area contributed by atoms with Crippen molar-refractivity contribution in [1.82, 2.24) is 9.78 Å². The highest BCUT2D eigenvalue weighted by molar-refractivity contribution is 6.06. The number of nitrogens with two attached hydrogens (primary N) is 1. The molecule has 0 spiro atoms. The fourth-order valence-corrected chi connectivity index (χ4v) is 2.12. The van der Waals surface area contributed by atoms with Crippen molar-refractivity contribution in [3.8, 4) is 0 Å². The number of carbonyl (C=O) groups is 1. The zero-order valence-corrected chi connectivity index (χ0v) is 12.1. The number of rotatable bonds is 4. The van der Waals surface area contributed by atoms with Gasteiger partial charge in [0.1, 0.15) is 0 Å². The van der Waals surface area contributed by atoms with Crippen LogP contribution < -0.4 is 10.6 Å². The van der Waals surface area contributed by atoms with E-state index in [0.29, 0.717) is 17.8 Å². The normalized spacial score (nSPS) is 10.6. The molecule has 0 aliphatic heterocycles. The predicted octanol–water partition coefficient (Wildman–Crippen LogP) is 2.37. The molecule has 1 amide bonds. The minimum absolute atomic E-state index is 0.0388. The molecule has 0 aliphatic rings. The van der Waals surface area contributed by atoms with Gasteiger partial charge in [0, 0.05) is 30.7 Å². The summed E-state index contributed by atoms with van der Waals surface area (Å²) >= 11 is 0. The van der Waals surface area contributed by atoms with Crippen molar-refractivity contribution in [2.75, 3.05) is 17.2 Å². The van der Waals surface area contributed by atoms with E-state index in [-0.39, 0.29) is 5.91 Å². The SMILES string of the molecule is CCCN(C(=O)c1cnn(C)c1C)c1cccc(N)c1. The first kappa shape index (κ1) is 14.1. The average Bonchev–Trinajstić information content (AvgIpc) is 2.76. The first-order valence-electron chi connectivity index (χ1n) is 6.70. The predicted molar refractivity (Wildman–Crippen MR) is 80.8 cm³/mol. The van der Waals surface area contributed by atoms with Gasteiger partial charge in [0.15, 0.2) is 0 Å². The lowest BCUT2D eigenvalue weighted by Crippen LogP contribution is -2.32. The van der Waals surface area contributed by atoms with Crippen LogP contribution in [0.3, 0.4) is 0 Å². The number of aromatic nitrogens is 2. The molecule has 5 nitrogen and oxygen atoms in total. The second-order valence-corrected chi connectivity index (χ2v) is 4.82. The molecule has 0 radical (unpaired) electrons. The highest BCUT2D eigenvalue weighted by Crippen LogP contribution is 2.21. The van der Waals surface area contributed by atoms with Gasteiger partial charge < -0.3 is 10.6 Å². The van der Waals surface area contributed by atoms with Crippen molar-refractivity contribution in [3.05, 3.63) is 41.7 Å². The maximum atomic E-state index is 12.7. The van der Waals surface area contributed by atoms with Gasteiger partial charge >= 0.3 is 0 Å². The maximum Gasteiger partial charge on any atom is 0.261 e. The lowest BCUT2D eigenvalue weighted by molar-refractivity contribution is 0.0986. The molecule has 106 valence electrons. The number of nitrogens with zero attached hydrogens (tertiary/aromatic N) is 3. The van der Waals surface area contributed by atoms with Gasteiger partial charge in [0.05, 0.1) is 11.8 Å². The number of carbonyl (C=O) groups excluding carboxylic acids is 1. The van der Waals surface area contributed by atoms with E-state index in [9.17, 15) is 4.79 Å². The summed E-state index contributed by atoms with van der Waals surface area (Å²) in [6.07, 6.45) is 2.49. The van der Waals surface area contributed by atoms with Crippen LogP contribution in [0.25, 0.3) is 0 Å². The van der Waals surface area contributed by atoms with E-state index in [1.54, 1.807) is 15.8 Å². The van der Waals surface area contributed by atoms with Crippen LogP contribution in [0.2, 0.25) is 0 Å². The Hall–Kier alpha value is -2.30. The van der Waals surface area contributed by atoms with Gasteiger partial charge in [-0.2, -0.15) is 5.10 Å². The van der Waals surface area contributed by atoms with E-state index < -0.39 is 0 Å². The lowest BCUT2D eigenvalue weighted by Gasteiger charge is -2.22. The Morgan fingerprint density at radius 1 is 1.45 bits per heavy atom. The molecule has 0 unspecified atom stereocenters. The molecule has 1 heterocycles. The van der Waals surface area contributed by atoms with Crippen molar-refractivity contribution >= 4 is 17.3 Å². The van der Waals surface area contributed by atoms with E-state index in [2.05, 4.69) is 5.10 Å². The summed E-state index contributed by atoms with van der Waals surface area (Å²) in [5.74, 6) is -0.0388. The van der Waals surface area contributed by atoms with E-state index in [1.165, 1.54) is 0 Å². The smallest absolute Gasteiger partial charge is 0.261 e. The van der Waals surface area contributed by atoms with E-state index in [4.69, 9.17) is 5.73 Å². The Morgan fingerprint density at radius 2 is 2.20 bits per heavy atom. The summed E-state index contributed by atoms with van der Waals surface area (Å²) in [7, 11) is 1.83. The summed E-state index contributed by atoms with van der Waals surface area (Å²) in [6, 6.07) is 7.39. The van der Waals surface area contributed by atoms with E-state index in [0.717, 1.165) is 17.8 Å². The van der Waals surface area contributed by atoms with Gasteiger partial charge in [-0.1, -0.05) is 13.0 Å². The van der Waals surface area contributed by atoms with Gasteiger partial charge in [0.25, 0.3) is 5.91 Å². The molecule has 0 bridgehead atoms. The van der Waals surface area contributed by atoms with Gasteiger partial charge in [-0.05, 0) is 31.5 Å². The first-order valence-corrected chi connectivity index (χ1v) is 6.70. The topological polar surface area (TPSA) is 64.2 Å². The summed E-state index contributed by atoms with van der Waals surface area (Å²) in [5.41, 5.74) is 8.77. The molecule has 2 N–H and O–H groups in total. The van der Waals surface area contributed by atoms with Crippen LogP contribution in [-0.2, 0) is 7.05 Å². The van der Waals surface area contributed by atoms with Crippen LogP contribution in [0.4, 0.5) is 11.4 Å². The van der Waals surface area contributed by atoms with Gasteiger partial charge in [-0.25, -0.2) is 0 Å². The molecule has 0 fully saturated rings. The van der Waals surface area contributed by atoms with E-state index >= 15 is 0 Å². The average molecular weight is 272 g/mol. The minimum atomic E-state index is -0.0388. The molecule has 1 aromatic carbocycles. The fourth-order valence-electron chi connectivity index (χ4n) is 2.12. The van der Waals surface area contributed by atoms with Crippen LogP contribution in [0, 0.1) is 6.92 Å². The third-order valence-electron chi connectivity index (χ3n) is 3.34. The second kappa shape index (κ2) is 5.77. The fraction of sp³-hybridized carbons (Fsp3) is 0.333. The number of amides is 1. The number of hydrogen-bond acceptors (Lipinski definition) is 3. The number of anilines is 2. The second-order valence-electron chi connectivity index (χ2n) is 4.82. The molecule has 0 atom stereocenters. The van der Waals surface area contributed by atoms with Crippen molar-refractivity contribution in [3.63, 3.8) is 0 Å². The molecule has 20 heavy (non-hydrogen) atoms. The summed E-state index contributed by atoms with van der Waals surface area (Å²) < 4.78 is 1.71. The van der Waals surface area contributed by atoms with Crippen molar-refractivity contribution in [2.24, 2.45) is 7.05 Å². The zero-order valence-electron chi connectivity index (χ0n) is 12.1. The van der Waals surface area contributed by atoms with Crippen molar-refractivity contribution in [2.45, 2.75) is 20.3 Å². The Kier molecular flexibility index (Phi) is 4.08. The number of aryl methyl sites for hydroxylation is 1. The quantitative estimate of drug-likeness (QED) is 0.869. The largest absolute Gasteiger partial charge is 0.399 e. The van der Waals surface area contributed by atoms with Gasteiger partial charge in [-0.3, -0.25) is 9.48 Å². The van der Waals surface area contributed by atoms with Gasteiger partial charge in [-0.15, -0.1) is 0 Å². The zero-order chi connectivity index (χ0) is 14.7. The van der Waals surface area contributed by atoms with Crippen LogP contribution >= 0.6 is 0 Å². The first-order chi connectivity index (χ1) is 9.54. The molecule has 2 aromatic rings. The molecule has 5 heteroatoms. The Morgan fingerprint density at radius 3 is 2.75 bits per heavy atom. The maximum absolute atomic E-state index is 12.7. The molecular formula is C15H20N4O. The summed E-state index contributed by atoms with van der Waals surface area (Å²) in [5, 5.41) is 4.14. The molecular weight excluding hydrogens is 252 g/mol. The molecule has 0 saturated carbocycles. The third kappa shape index (κ3) is 2.66. The molecule has 0 aliphatic carbocycles. The number of nitrogen functional groups attached to an aromatic ring is 1. The highest BCUT2D eigenvalue weighted by atomic mass is 16.2. The minimum Gasteiger partial charge on any atom is -0.399 e. The monoisotopic (exact) mass is 272 g/mol. The molecule has 2 rings (SSSR count). The lowest BCUT2D eigenvalue weighted by atomic mass is 10.2. The molecule has 0 saturated heterocycles. The Balaban J connectivity index is 2.38. The Labute approximate surface area is 119 Å². The van der Waals surface area contributed by atoms with Crippen molar-refractivity contribution < 1.29 is 4.79 Å². The van der Waals surface area contributed by atoms with Gasteiger partial charge in [0.2, 0.25) is 0 Å². The summed E-state index contributed by atoms with van der Waals surface area (Å²) in [6.45, 7) is 4.59. The summed E-state index contributed by atoms with van der Waals surface area (Å²) in [4.78, 5) is 14.5. The number of benzene rings is 1. The van der Waals surface area contributed by atoms with E-state index in [1.807, 2.05) is 45.2 Å². The van der Waals surface area contributed by atoms with Crippen LogP contribution in [-0.4, -0.2) is 22.2 Å². The molecule has 1 aromatic heterocycles. The standard InChI is InChI=1S/C15H20N4O/c1-4-8-19(13-7-5-6-12(16)9-13)15(20)14-10-17-18(3)11(14)2/h5-7,9-10H,4,8,16H2,1-3H3. The van der Waals surface area contributed by atoms with Crippen molar-refractivity contribution in [1.29, 1.82) is 0 Å². The number of hydrogen-bond donors (Lipinski definition) is 1. The van der Waals surface area contributed by atoms with Crippen LogP contribution in [0.5, 0.6) is 0 Å². The van der Waals surface area contributed by atoms with Crippen LogP contribution in [0.15, 0.2) is 30.5 Å².